The summed E-state index contributed by atoms with van der Waals surface area (Å²) in [4.78, 5) is 16.4. The Hall–Kier alpha value is -3.01. The number of nitrogens with zero attached hydrogens (tertiary/aromatic N) is 4. The zero-order valence-corrected chi connectivity index (χ0v) is 16.7. The molecule has 1 amide bonds. The number of amides is 1. The van der Waals surface area contributed by atoms with Crippen molar-refractivity contribution >= 4 is 22.4 Å². The summed E-state index contributed by atoms with van der Waals surface area (Å²) >= 11 is 1.38. The van der Waals surface area contributed by atoms with E-state index in [2.05, 4.69) is 25.7 Å². The summed E-state index contributed by atoms with van der Waals surface area (Å²) in [6.45, 7) is 1.99. The fraction of sp³-hybridized carbons (Fsp3) is 0.389. The average molecular weight is 403 g/mol. The van der Waals surface area contributed by atoms with Gasteiger partial charge in [-0.15, -0.1) is 10.2 Å². The van der Waals surface area contributed by atoms with Crippen LogP contribution in [0.15, 0.2) is 22.7 Å². The number of carbonyl (C=O) groups excluding carboxylic acids is 1. The molecular formula is C18H21N5O4S. The van der Waals surface area contributed by atoms with Gasteiger partial charge in [0.1, 0.15) is 5.01 Å². The second kappa shape index (κ2) is 9.27. The molecule has 0 atom stereocenters. The van der Waals surface area contributed by atoms with E-state index in [1.807, 2.05) is 13.0 Å². The minimum absolute atomic E-state index is 0.113. The summed E-state index contributed by atoms with van der Waals surface area (Å²) in [5.41, 5.74) is 0.758. The summed E-state index contributed by atoms with van der Waals surface area (Å²) < 4.78 is 15.8. The lowest BCUT2D eigenvalue weighted by Gasteiger charge is -2.07. The van der Waals surface area contributed by atoms with Crippen LogP contribution in [-0.4, -0.2) is 40.5 Å². The summed E-state index contributed by atoms with van der Waals surface area (Å²) in [5.74, 6) is 2.04. The van der Waals surface area contributed by atoms with Crippen molar-refractivity contribution in [1.82, 2.24) is 20.3 Å². The Morgan fingerprint density at radius 2 is 2.04 bits per heavy atom. The highest BCUT2D eigenvalue weighted by molar-refractivity contribution is 7.15. The van der Waals surface area contributed by atoms with Crippen molar-refractivity contribution in [3.63, 3.8) is 0 Å². The van der Waals surface area contributed by atoms with Crippen LogP contribution < -0.4 is 14.8 Å². The van der Waals surface area contributed by atoms with Crippen LogP contribution >= 0.6 is 11.3 Å². The van der Waals surface area contributed by atoms with Crippen molar-refractivity contribution in [1.29, 1.82) is 0 Å². The van der Waals surface area contributed by atoms with E-state index >= 15 is 0 Å². The molecule has 0 aliphatic heterocycles. The molecule has 10 heteroatoms. The van der Waals surface area contributed by atoms with Gasteiger partial charge in [0.2, 0.25) is 22.8 Å². The summed E-state index contributed by atoms with van der Waals surface area (Å²) in [6.07, 6.45) is 2.21. The molecule has 2 aromatic heterocycles. The van der Waals surface area contributed by atoms with Gasteiger partial charge in [0, 0.05) is 18.4 Å². The topological polar surface area (TPSA) is 112 Å². The normalized spacial score (nSPS) is 10.7. The van der Waals surface area contributed by atoms with Gasteiger partial charge in [0.25, 0.3) is 0 Å². The molecule has 0 saturated heterocycles. The van der Waals surface area contributed by atoms with Gasteiger partial charge in [-0.25, -0.2) is 0 Å². The van der Waals surface area contributed by atoms with Gasteiger partial charge >= 0.3 is 0 Å². The van der Waals surface area contributed by atoms with Crippen molar-refractivity contribution < 1.29 is 18.8 Å². The Labute approximate surface area is 166 Å². The minimum atomic E-state index is -0.113. The number of rotatable bonds is 9. The Morgan fingerprint density at radius 1 is 1.21 bits per heavy atom. The number of hydrogen-bond donors (Lipinski definition) is 1. The molecule has 3 aromatic rings. The first kappa shape index (κ1) is 19.7. The maximum absolute atomic E-state index is 12.0. The van der Waals surface area contributed by atoms with Gasteiger partial charge in [-0.3, -0.25) is 4.79 Å². The van der Waals surface area contributed by atoms with Crippen LogP contribution in [0.2, 0.25) is 0 Å². The third-order valence-electron chi connectivity index (χ3n) is 3.92. The van der Waals surface area contributed by atoms with E-state index in [0.717, 1.165) is 17.0 Å². The fourth-order valence-electron chi connectivity index (χ4n) is 2.48. The summed E-state index contributed by atoms with van der Waals surface area (Å²) in [7, 11) is 3.15. The Morgan fingerprint density at radius 3 is 2.75 bits per heavy atom. The number of carbonyl (C=O) groups is 1. The van der Waals surface area contributed by atoms with Crippen LogP contribution in [0.4, 0.5) is 5.13 Å². The largest absolute Gasteiger partial charge is 0.493 e. The van der Waals surface area contributed by atoms with Crippen LogP contribution in [0, 0.1) is 0 Å². The second-order valence-corrected chi connectivity index (χ2v) is 6.90. The standard InChI is InChI=1S/C18H21N5O4S/c1-4-16-21-22-18(28-16)19-14(24)6-5-7-15-20-17(23-27-15)11-8-9-12(25-2)13(10-11)26-3/h8-10H,4-7H2,1-3H3,(H,19,22,24). The quantitative estimate of drug-likeness (QED) is 0.580. The van der Waals surface area contributed by atoms with Gasteiger partial charge in [-0.1, -0.05) is 23.4 Å². The molecular weight excluding hydrogens is 382 g/mol. The van der Waals surface area contributed by atoms with E-state index < -0.39 is 0 Å². The Bertz CT molecular complexity index is 940. The molecule has 3 rings (SSSR count). The van der Waals surface area contributed by atoms with E-state index in [9.17, 15) is 4.79 Å². The summed E-state index contributed by atoms with van der Waals surface area (Å²) in [5, 5.41) is 16.1. The zero-order valence-electron chi connectivity index (χ0n) is 15.9. The van der Waals surface area contributed by atoms with Crippen LogP contribution in [0.5, 0.6) is 11.5 Å². The third kappa shape index (κ3) is 4.83. The lowest BCUT2D eigenvalue weighted by atomic mass is 10.2. The van der Waals surface area contributed by atoms with Crippen molar-refractivity contribution in [2.45, 2.75) is 32.6 Å². The van der Waals surface area contributed by atoms with Gasteiger partial charge in [-0.05, 0) is 31.0 Å². The highest BCUT2D eigenvalue weighted by Gasteiger charge is 2.13. The molecule has 0 aliphatic rings. The number of aryl methyl sites for hydroxylation is 2. The highest BCUT2D eigenvalue weighted by atomic mass is 32.1. The first-order valence-corrected chi connectivity index (χ1v) is 9.61. The van der Waals surface area contributed by atoms with E-state index in [-0.39, 0.29) is 5.91 Å². The van der Waals surface area contributed by atoms with Crippen LogP contribution in [0.25, 0.3) is 11.4 Å². The van der Waals surface area contributed by atoms with Crippen LogP contribution in [-0.2, 0) is 17.6 Å². The van der Waals surface area contributed by atoms with Crippen molar-refractivity contribution in [2.24, 2.45) is 0 Å². The van der Waals surface area contributed by atoms with Gasteiger partial charge in [0.05, 0.1) is 14.2 Å². The maximum atomic E-state index is 12.0. The monoisotopic (exact) mass is 403 g/mol. The molecule has 1 aromatic carbocycles. The summed E-state index contributed by atoms with van der Waals surface area (Å²) in [6, 6.07) is 5.40. The molecule has 148 valence electrons. The number of hydrogen-bond acceptors (Lipinski definition) is 9. The third-order valence-corrected chi connectivity index (χ3v) is 4.90. The fourth-order valence-corrected chi connectivity index (χ4v) is 3.17. The minimum Gasteiger partial charge on any atom is -0.493 e. The predicted octanol–water partition coefficient (Wildman–Crippen LogP) is 3.13. The van der Waals surface area contributed by atoms with E-state index in [0.29, 0.717) is 47.6 Å². The molecule has 0 fully saturated rings. The molecule has 2 heterocycles. The van der Waals surface area contributed by atoms with E-state index in [4.69, 9.17) is 14.0 Å². The smallest absolute Gasteiger partial charge is 0.226 e. The van der Waals surface area contributed by atoms with Crippen LogP contribution in [0.3, 0.4) is 0 Å². The average Bonchev–Trinajstić information content (AvgIpc) is 3.37. The number of methoxy groups -OCH3 is 2. The molecule has 28 heavy (non-hydrogen) atoms. The number of aromatic nitrogens is 4. The molecule has 0 radical (unpaired) electrons. The number of ether oxygens (including phenoxy) is 2. The molecule has 9 nitrogen and oxygen atoms in total. The van der Waals surface area contributed by atoms with Gasteiger partial charge in [-0.2, -0.15) is 4.98 Å². The lowest BCUT2D eigenvalue weighted by molar-refractivity contribution is -0.116. The van der Waals surface area contributed by atoms with Crippen molar-refractivity contribution in [3.8, 4) is 22.9 Å². The first-order valence-electron chi connectivity index (χ1n) is 8.80. The maximum Gasteiger partial charge on any atom is 0.226 e. The van der Waals surface area contributed by atoms with E-state index in [1.54, 1.807) is 26.4 Å². The number of anilines is 1. The lowest BCUT2D eigenvalue weighted by Crippen LogP contribution is -2.11. The number of nitrogens with one attached hydrogen (secondary N) is 1. The molecule has 0 saturated carbocycles. The molecule has 0 unspecified atom stereocenters. The molecule has 0 aliphatic carbocycles. The van der Waals surface area contributed by atoms with E-state index in [1.165, 1.54) is 11.3 Å². The van der Waals surface area contributed by atoms with Crippen LogP contribution in [0.1, 0.15) is 30.7 Å². The SMILES string of the molecule is CCc1nnc(NC(=O)CCCc2nc(-c3ccc(OC)c(OC)c3)no2)s1. The zero-order chi connectivity index (χ0) is 19.9. The van der Waals surface area contributed by atoms with Gasteiger partial charge in [0.15, 0.2) is 11.5 Å². The van der Waals surface area contributed by atoms with Crippen molar-refractivity contribution in [3.05, 3.63) is 29.1 Å². The number of benzene rings is 1. The highest BCUT2D eigenvalue weighted by Crippen LogP contribution is 2.31. The molecule has 0 bridgehead atoms. The molecule has 0 spiro atoms. The Balaban J connectivity index is 1.52. The van der Waals surface area contributed by atoms with Crippen molar-refractivity contribution in [2.75, 3.05) is 19.5 Å². The predicted molar refractivity (Wildman–Crippen MR) is 104 cm³/mol. The second-order valence-electron chi connectivity index (χ2n) is 5.84. The Kier molecular flexibility index (Phi) is 6.53. The van der Waals surface area contributed by atoms with Gasteiger partial charge < -0.3 is 19.3 Å². The first-order chi connectivity index (χ1) is 13.6. The molecule has 1 N–H and O–H groups in total.